The van der Waals surface area contributed by atoms with Gasteiger partial charge in [-0.2, -0.15) is 0 Å². The number of nitrogens with one attached hydrogen (secondary N) is 2. The molecule has 4 nitrogen and oxygen atoms in total. The molecule has 0 amide bonds. The summed E-state index contributed by atoms with van der Waals surface area (Å²) in [5.41, 5.74) is 3.27. The van der Waals surface area contributed by atoms with Crippen molar-refractivity contribution in [2.24, 2.45) is 5.84 Å². The van der Waals surface area contributed by atoms with E-state index in [0.29, 0.717) is 5.11 Å². The molecule has 0 aliphatic heterocycles. The van der Waals surface area contributed by atoms with Crippen LogP contribution in [0, 0.1) is 0 Å². The van der Waals surface area contributed by atoms with Crippen molar-refractivity contribution in [3.63, 3.8) is 0 Å². The molecule has 0 spiro atoms. The third-order valence-electron chi connectivity index (χ3n) is 2.06. The summed E-state index contributed by atoms with van der Waals surface area (Å²) in [4.78, 5) is 4.07. The number of anilines is 1. The van der Waals surface area contributed by atoms with E-state index in [4.69, 9.17) is 18.1 Å². The smallest absolute Gasteiger partial charge is 0.185 e. The largest absolute Gasteiger partial charge is 0.331 e. The van der Waals surface area contributed by atoms with E-state index in [9.17, 15) is 0 Å². The van der Waals surface area contributed by atoms with E-state index < -0.39 is 0 Å². The molecule has 15 heavy (non-hydrogen) atoms. The minimum atomic E-state index is 0.381. The van der Waals surface area contributed by atoms with Gasteiger partial charge in [0.1, 0.15) is 0 Å². The van der Waals surface area contributed by atoms with Crippen molar-refractivity contribution < 1.29 is 0 Å². The molecular formula is C10H10N4S. The molecule has 76 valence electrons. The minimum absolute atomic E-state index is 0.381. The lowest BCUT2D eigenvalue weighted by Crippen LogP contribution is -2.34. The van der Waals surface area contributed by atoms with Crippen molar-refractivity contribution in [1.82, 2.24) is 10.4 Å². The van der Waals surface area contributed by atoms with Crippen LogP contribution in [0.25, 0.3) is 10.8 Å². The van der Waals surface area contributed by atoms with E-state index in [1.54, 1.807) is 12.4 Å². The standard InChI is InChI=1S/C10H10N4S/c11-14-10(15)13-9-3-1-2-7-4-5-12-6-8(7)9/h1-6H,11H2,(H2,13,14,15). The highest BCUT2D eigenvalue weighted by molar-refractivity contribution is 7.80. The number of thiocarbonyl (C=S) groups is 1. The molecular weight excluding hydrogens is 208 g/mol. The minimum Gasteiger partial charge on any atom is -0.331 e. The van der Waals surface area contributed by atoms with Crippen LogP contribution in [0.2, 0.25) is 0 Å². The first-order valence-corrected chi connectivity index (χ1v) is 4.82. The number of hydrogen-bond acceptors (Lipinski definition) is 3. The molecule has 0 saturated heterocycles. The number of fused-ring (bicyclic) bond motifs is 1. The van der Waals surface area contributed by atoms with Gasteiger partial charge in [-0.3, -0.25) is 4.98 Å². The summed E-state index contributed by atoms with van der Waals surface area (Å²) in [6, 6.07) is 7.83. The van der Waals surface area contributed by atoms with Crippen LogP contribution in [0.15, 0.2) is 36.7 Å². The average molecular weight is 218 g/mol. The Morgan fingerprint density at radius 1 is 1.33 bits per heavy atom. The SMILES string of the molecule is NNC(=S)Nc1cccc2ccncc12. The molecule has 0 unspecified atom stereocenters. The topological polar surface area (TPSA) is 63.0 Å². The number of aromatic nitrogens is 1. The zero-order chi connectivity index (χ0) is 10.7. The molecule has 1 aromatic heterocycles. The number of hydrazine groups is 1. The van der Waals surface area contributed by atoms with Gasteiger partial charge in [-0.15, -0.1) is 0 Å². The normalized spacial score (nSPS) is 9.93. The highest BCUT2D eigenvalue weighted by Gasteiger charge is 2.01. The quantitative estimate of drug-likeness (QED) is 0.383. The van der Waals surface area contributed by atoms with Crippen molar-refractivity contribution in [1.29, 1.82) is 0 Å². The summed E-state index contributed by atoms with van der Waals surface area (Å²) >= 11 is 4.93. The Labute approximate surface area is 92.5 Å². The second kappa shape index (κ2) is 4.20. The molecule has 2 rings (SSSR count). The van der Waals surface area contributed by atoms with Gasteiger partial charge in [0.2, 0.25) is 0 Å². The van der Waals surface area contributed by atoms with Gasteiger partial charge in [0.05, 0.1) is 0 Å². The second-order valence-corrected chi connectivity index (χ2v) is 3.41. The Morgan fingerprint density at radius 2 is 2.20 bits per heavy atom. The Hall–Kier alpha value is -1.72. The predicted molar refractivity (Wildman–Crippen MR) is 65.3 cm³/mol. The zero-order valence-electron chi connectivity index (χ0n) is 7.90. The molecule has 0 aliphatic rings. The highest BCUT2D eigenvalue weighted by Crippen LogP contribution is 2.21. The zero-order valence-corrected chi connectivity index (χ0v) is 8.71. The van der Waals surface area contributed by atoms with Crippen molar-refractivity contribution in [3.8, 4) is 0 Å². The third-order valence-corrected chi connectivity index (χ3v) is 2.28. The van der Waals surface area contributed by atoms with E-state index >= 15 is 0 Å². The lowest BCUT2D eigenvalue weighted by atomic mass is 10.1. The number of benzene rings is 1. The van der Waals surface area contributed by atoms with E-state index in [1.165, 1.54) is 0 Å². The molecule has 1 heterocycles. The first-order valence-electron chi connectivity index (χ1n) is 4.41. The Morgan fingerprint density at radius 3 is 3.00 bits per heavy atom. The van der Waals surface area contributed by atoms with Crippen LogP contribution in [0.5, 0.6) is 0 Å². The van der Waals surface area contributed by atoms with Gasteiger partial charge < -0.3 is 10.7 Å². The fourth-order valence-corrected chi connectivity index (χ4v) is 1.49. The maximum absolute atomic E-state index is 5.19. The van der Waals surface area contributed by atoms with Gasteiger partial charge in [-0.1, -0.05) is 12.1 Å². The number of nitrogens with two attached hydrogens (primary N) is 1. The number of hydrogen-bond donors (Lipinski definition) is 3. The molecule has 0 aliphatic carbocycles. The predicted octanol–water partition coefficient (Wildman–Crippen LogP) is 1.39. The molecule has 0 atom stereocenters. The fraction of sp³-hybridized carbons (Fsp3) is 0. The monoisotopic (exact) mass is 218 g/mol. The van der Waals surface area contributed by atoms with Crippen molar-refractivity contribution >= 4 is 33.8 Å². The van der Waals surface area contributed by atoms with Gasteiger partial charge in [-0.25, -0.2) is 5.84 Å². The maximum Gasteiger partial charge on any atom is 0.185 e. The Bertz CT molecular complexity index is 492. The molecule has 0 fully saturated rings. The molecule has 5 heteroatoms. The Balaban J connectivity index is 2.46. The van der Waals surface area contributed by atoms with Crippen LogP contribution in [-0.4, -0.2) is 10.1 Å². The van der Waals surface area contributed by atoms with E-state index in [-0.39, 0.29) is 0 Å². The summed E-state index contributed by atoms with van der Waals surface area (Å²) in [7, 11) is 0. The average Bonchev–Trinajstić information content (AvgIpc) is 2.29. The molecule has 2 aromatic rings. The number of rotatable bonds is 1. The molecule has 1 aromatic carbocycles. The van der Waals surface area contributed by atoms with Crippen molar-refractivity contribution in [2.45, 2.75) is 0 Å². The van der Waals surface area contributed by atoms with Gasteiger partial charge in [0.25, 0.3) is 0 Å². The van der Waals surface area contributed by atoms with Gasteiger partial charge >= 0.3 is 0 Å². The number of nitrogens with zero attached hydrogens (tertiary/aromatic N) is 1. The van der Waals surface area contributed by atoms with E-state index in [1.807, 2.05) is 24.3 Å². The fourth-order valence-electron chi connectivity index (χ4n) is 1.38. The van der Waals surface area contributed by atoms with Gasteiger partial charge in [-0.05, 0) is 29.7 Å². The van der Waals surface area contributed by atoms with Crippen LogP contribution < -0.4 is 16.6 Å². The summed E-state index contributed by atoms with van der Waals surface area (Å²) in [6.45, 7) is 0. The highest BCUT2D eigenvalue weighted by atomic mass is 32.1. The molecule has 0 saturated carbocycles. The summed E-state index contributed by atoms with van der Waals surface area (Å²) in [5.74, 6) is 5.19. The van der Waals surface area contributed by atoms with Crippen LogP contribution in [-0.2, 0) is 0 Å². The lowest BCUT2D eigenvalue weighted by Gasteiger charge is -2.09. The van der Waals surface area contributed by atoms with Crippen molar-refractivity contribution in [2.75, 3.05) is 5.32 Å². The first-order chi connectivity index (χ1) is 7.31. The van der Waals surface area contributed by atoms with Gasteiger partial charge in [0.15, 0.2) is 5.11 Å². The second-order valence-electron chi connectivity index (χ2n) is 3.00. The summed E-state index contributed by atoms with van der Waals surface area (Å²) in [5, 5.41) is 5.49. The summed E-state index contributed by atoms with van der Waals surface area (Å²) < 4.78 is 0. The summed E-state index contributed by atoms with van der Waals surface area (Å²) in [6.07, 6.45) is 3.54. The Kier molecular flexibility index (Phi) is 2.75. The van der Waals surface area contributed by atoms with E-state index in [2.05, 4.69) is 15.7 Å². The molecule has 0 bridgehead atoms. The lowest BCUT2D eigenvalue weighted by molar-refractivity contribution is 1.04. The molecule has 0 radical (unpaired) electrons. The van der Waals surface area contributed by atoms with Gasteiger partial charge in [0, 0.05) is 23.5 Å². The first kappa shape index (κ1) is 9.82. The number of pyridine rings is 1. The third kappa shape index (κ3) is 2.03. The van der Waals surface area contributed by atoms with Crippen molar-refractivity contribution in [3.05, 3.63) is 36.7 Å². The van der Waals surface area contributed by atoms with E-state index in [0.717, 1.165) is 16.5 Å². The van der Waals surface area contributed by atoms with Crippen LogP contribution in [0.1, 0.15) is 0 Å². The van der Waals surface area contributed by atoms with Crippen LogP contribution in [0.4, 0.5) is 5.69 Å². The van der Waals surface area contributed by atoms with Crippen LogP contribution in [0.3, 0.4) is 0 Å². The van der Waals surface area contributed by atoms with Crippen LogP contribution >= 0.6 is 12.2 Å². The maximum atomic E-state index is 5.19. The molecule has 4 N–H and O–H groups in total.